The van der Waals surface area contributed by atoms with Crippen LogP contribution >= 0.6 is 0 Å². The number of hydrogen-bond acceptors (Lipinski definition) is 1. The topological polar surface area (TPSA) is 20.2 Å². The van der Waals surface area contributed by atoms with Crippen molar-refractivity contribution in [3.8, 4) is 0 Å². The average Bonchev–Trinajstić information content (AvgIpc) is 2.34. The van der Waals surface area contributed by atoms with Gasteiger partial charge in [0.25, 0.3) is 0 Å². The Kier molecular flexibility index (Phi) is 1.35. The summed E-state index contributed by atoms with van der Waals surface area (Å²) >= 11 is 0. The molecule has 2 fully saturated rings. The van der Waals surface area contributed by atoms with Crippen molar-refractivity contribution in [1.29, 1.82) is 0 Å². The van der Waals surface area contributed by atoms with Gasteiger partial charge in [-0.1, -0.05) is 32.9 Å². The molecule has 1 nitrogen and oxygen atoms in total. The third kappa shape index (κ3) is 0.641. The molecular weight excluding hydrogens is 172 g/mol. The van der Waals surface area contributed by atoms with Gasteiger partial charge in [-0.2, -0.15) is 0 Å². The zero-order valence-electron chi connectivity index (χ0n) is 9.38. The lowest BCUT2D eigenvalue weighted by atomic mass is 9.46. The second-order valence-corrected chi connectivity index (χ2v) is 6.30. The highest BCUT2D eigenvalue weighted by molar-refractivity contribution is 5.30. The molecule has 1 heteroatoms. The highest BCUT2D eigenvalue weighted by Gasteiger charge is 2.68. The summed E-state index contributed by atoms with van der Waals surface area (Å²) in [7, 11) is 0. The molecule has 0 aliphatic heterocycles. The van der Waals surface area contributed by atoms with E-state index in [1.54, 1.807) is 0 Å². The van der Waals surface area contributed by atoms with E-state index < -0.39 is 5.60 Å². The van der Waals surface area contributed by atoms with Crippen LogP contribution in [-0.4, -0.2) is 10.7 Å². The lowest BCUT2D eigenvalue weighted by Crippen LogP contribution is -2.62. The first-order chi connectivity index (χ1) is 6.42. The molecule has 0 spiro atoms. The summed E-state index contributed by atoms with van der Waals surface area (Å²) in [5.41, 5.74) is -0.308. The van der Waals surface area contributed by atoms with Crippen molar-refractivity contribution in [2.45, 2.75) is 45.6 Å². The summed E-state index contributed by atoms with van der Waals surface area (Å²) in [6.45, 7) is 6.76. The second-order valence-electron chi connectivity index (χ2n) is 6.30. The molecule has 4 unspecified atom stereocenters. The van der Waals surface area contributed by atoms with E-state index >= 15 is 0 Å². The van der Waals surface area contributed by atoms with Crippen LogP contribution < -0.4 is 0 Å². The molecular formula is C13H20O. The summed E-state index contributed by atoms with van der Waals surface area (Å²) in [5, 5.41) is 10.9. The molecule has 14 heavy (non-hydrogen) atoms. The molecule has 4 bridgehead atoms. The van der Waals surface area contributed by atoms with Gasteiger partial charge in [0.05, 0.1) is 5.60 Å². The fourth-order valence-electron chi connectivity index (χ4n) is 4.49. The number of rotatable bonds is 0. The lowest BCUT2D eigenvalue weighted by Gasteiger charge is -2.61. The molecule has 0 radical (unpaired) electrons. The molecule has 0 heterocycles. The molecule has 78 valence electrons. The van der Waals surface area contributed by atoms with E-state index in [0.29, 0.717) is 5.92 Å². The molecule has 0 aromatic heterocycles. The van der Waals surface area contributed by atoms with Gasteiger partial charge in [0.2, 0.25) is 0 Å². The predicted molar refractivity (Wildman–Crippen MR) is 56.8 cm³/mol. The Labute approximate surface area is 86.2 Å². The van der Waals surface area contributed by atoms with Gasteiger partial charge in [0.1, 0.15) is 0 Å². The molecule has 4 aliphatic rings. The lowest BCUT2D eigenvalue weighted by molar-refractivity contribution is -0.180. The fourth-order valence-corrected chi connectivity index (χ4v) is 4.49. The van der Waals surface area contributed by atoms with Gasteiger partial charge >= 0.3 is 0 Å². The van der Waals surface area contributed by atoms with E-state index in [2.05, 4.69) is 32.9 Å². The maximum absolute atomic E-state index is 10.9. The van der Waals surface area contributed by atoms with Crippen molar-refractivity contribution in [2.24, 2.45) is 22.7 Å². The summed E-state index contributed by atoms with van der Waals surface area (Å²) < 4.78 is 0. The van der Waals surface area contributed by atoms with Crippen LogP contribution in [0.2, 0.25) is 0 Å². The van der Waals surface area contributed by atoms with Gasteiger partial charge in [-0.15, -0.1) is 0 Å². The zero-order chi connectivity index (χ0) is 10.2. The fraction of sp³-hybridized carbons (Fsp3) is 0.846. The molecule has 4 aliphatic carbocycles. The van der Waals surface area contributed by atoms with Gasteiger partial charge in [0, 0.05) is 10.8 Å². The minimum Gasteiger partial charge on any atom is -0.388 e. The molecule has 4 rings (SSSR count). The largest absolute Gasteiger partial charge is 0.388 e. The highest BCUT2D eigenvalue weighted by Crippen LogP contribution is 2.69. The van der Waals surface area contributed by atoms with Crippen molar-refractivity contribution < 1.29 is 5.11 Å². The predicted octanol–water partition coefficient (Wildman–Crippen LogP) is 2.75. The van der Waals surface area contributed by atoms with E-state index in [0.717, 1.165) is 12.3 Å². The Morgan fingerprint density at radius 3 is 2.64 bits per heavy atom. The first kappa shape index (κ1) is 8.96. The highest BCUT2D eigenvalue weighted by atomic mass is 16.3. The van der Waals surface area contributed by atoms with Crippen LogP contribution in [0.15, 0.2) is 12.2 Å². The number of allylic oxidation sites excluding steroid dienone is 1. The number of aliphatic hydroxyl groups is 1. The first-order valence-electron chi connectivity index (χ1n) is 5.83. The molecule has 4 atom stereocenters. The smallest absolute Gasteiger partial charge is 0.0794 e. The summed E-state index contributed by atoms with van der Waals surface area (Å²) in [4.78, 5) is 0. The van der Waals surface area contributed by atoms with E-state index in [4.69, 9.17) is 0 Å². The van der Waals surface area contributed by atoms with Gasteiger partial charge in [0.15, 0.2) is 0 Å². The Bertz CT molecular complexity index is 317. The first-order valence-corrected chi connectivity index (χ1v) is 5.83. The minimum absolute atomic E-state index is 0.0608. The van der Waals surface area contributed by atoms with Crippen LogP contribution in [0.3, 0.4) is 0 Å². The second kappa shape index (κ2) is 2.11. The third-order valence-electron chi connectivity index (χ3n) is 5.80. The van der Waals surface area contributed by atoms with E-state index in [1.807, 2.05) is 0 Å². The minimum atomic E-state index is -0.442. The van der Waals surface area contributed by atoms with Crippen LogP contribution in [0.4, 0.5) is 0 Å². The Hall–Kier alpha value is -0.300. The maximum Gasteiger partial charge on any atom is 0.0794 e. The molecule has 2 saturated carbocycles. The monoisotopic (exact) mass is 192 g/mol. The number of hydrogen-bond donors (Lipinski definition) is 1. The van der Waals surface area contributed by atoms with Gasteiger partial charge < -0.3 is 5.11 Å². The Morgan fingerprint density at radius 2 is 2.00 bits per heavy atom. The van der Waals surface area contributed by atoms with Crippen LogP contribution in [0.1, 0.15) is 40.0 Å². The zero-order valence-corrected chi connectivity index (χ0v) is 9.38. The molecule has 0 amide bonds. The van der Waals surface area contributed by atoms with E-state index in [1.165, 1.54) is 12.8 Å². The normalized spacial score (nSPS) is 58.0. The van der Waals surface area contributed by atoms with Crippen molar-refractivity contribution >= 4 is 0 Å². The van der Waals surface area contributed by atoms with E-state index in [9.17, 15) is 5.11 Å². The summed E-state index contributed by atoms with van der Waals surface area (Å²) in [5.74, 6) is 1.33. The molecule has 0 aromatic rings. The van der Waals surface area contributed by atoms with Gasteiger partial charge in [-0.05, 0) is 31.1 Å². The Morgan fingerprint density at radius 1 is 1.29 bits per heavy atom. The van der Waals surface area contributed by atoms with E-state index in [-0.39, 0.29) is 10.8 Å². The quantitative estimate of drug-likeness (QED) is 0.585. The van der Waals surface area contributed by atoms with Crippen LogP contribution in [0, 0.1) is 22.7 Å². The third-order valence-corrected chi connectivity index (χ3v) is 5.80. The van der Waals surface area contributed by atoms with Crippen molar-refractivity contribution in [2.75, 3.05) is 0 Å². The SMILES string of the molecule is CC1(C)C2C=CC3(C)C(CCC13O)C2. The molecule has 0 saturated heterocycles. The van der Waals surface area contributed by atoms with Crippen molar-refractivity contribution in [1.82, 2.24) is 0 Å². The van der Waals surface area contributed by atoms with Gasteiger partial charge in [-0.25, -0.2) is 0 Å². The average molecular weight is 192 g/mol. The standard InChI is InChI=1S/C13H20O/c1-11(2)9-4-6-12(3)10(8-9)5-7-13(11,12)14/h4,6,9-10,14H,5,7-8H2,1-3H3. The molecule has 0 aromatic carbocycles. The molecule has 1 N–H and O–H groups in total. The van der Waals surface area contributed by atoms with Gasteiger partial charge in [-0.3, -0.25) is 0 Å². The van der Waals surface area contributed by atoms with Crippen molar-refractivity contribution in [3.63, 3.8) is 0 Å². The summed E-state index contributed by atoms with van der Waals surface area (Å²) in [6.07, 6.45) is 8.18. The van der Waals surface area contributed by atoms with Crippen molar-refractivity contribution in [3.05, 3.63) is 12.2 Å². The Balaban J connectivity index is 2.24. The van der Waals surface area contributed by atoms with Crippen LogP contribution in [0.5, 0.6) is 0 Å². The van der Waals surface area contributed by atoms with Crippen LogP contribution in [-0.2, 0) is 0 Å². The summed E-state index contributed by atoms with van der Waals surface area (Å²) in [6, 6.07) is 0. The maximum atomic E-state index is 10.9. The van der Waals surface area contributed by atoms with Crippen LogP contribution in [0.25, 0.3) is 0 Å².